The molecule has 3 rings (SSSR count). The second-order valence-corrected chi connectivity index (χ2v) is 5.00. The third-order valence-corrected chi connectivity index (χ3v) is 3.28. The molecule has 0 aliphatic heterocycles. The van der Waals surface area contributed by atoms with Crippen LogP contribution in [-0.2, 0) is 0 Å². The Kier molecular flexibility index (Phi) is 3.20. The molecular weight excluding hydrogens is 274 g/mol. The van der Waals surface area contributed by atoms with Crippen molar-refractivity contribution in [3.63, 3.8) is 0 Å². The predicted octanol–water partition coefficient (Wildman–Crippen LogP) is 4.65. The Morgan fingerprint density at radius 3 is 2.70 bits per heavy atom. The Hall–Kier alpha value is -2.26. The van der Waals surface area contributed by atoms with Gasteiger partial charge in [-0.1, -0.05) is 35.9 Å². The van der Waals surface area contributed by atoms with E-state index in [2.05, 4.69) is 5.32 Å². The van der Waals surface area contributed by atoms with Gasteiger partial charge < -0.3 is 9.73 Å². The van der Waals surface area contributed by atoms with Gasteiger partial charge in [0.15, 0.2) is 5.76 Å². The van der Waals surface area contributed by atoms with Crippen LogP contribution in [0.1, 0.15) is 16.1 Å². The summed E-state index contributed by atoms with van der Waals surface area (Å²) in [5, 5.41) is 4.25. The number of hydrogen-bond donors (Lipinski definition) is 1. The summed E-state index contributed by atoms with van der Waals surface area (Å²) in [6, 6.07) is 14.5. The number of aryl methyl sites for hydroxylation is 1. The Morgan fingerprint density at radius 1 is 1.15 bits per heavy atom. The van der Waals surface area contributed by atoms with E-state index in [1.807, 2.05) is 25.1 Å². The number of hydrogen-bond acceptors (Lipinski definition) is 2. The van der Waals surface area contributed by atoms with E-state index >= 15 is 0 Å². The second kappa shape index (κ2) is 5.02. The number of halogens is 1. The fraction of sp³-hybridized carbons (Fsp3) is 0.0625. The number of benzene rings is 2. The van der Waals surface area contributed by atoms with E-state index in [4.69, 9.17) is 16.0 Å². The lowest BCUT2D eigenvalue weighted by Gasteiger charge is -2.02. The first-order valence-electron chi connectivity index (χ1n) is 6.19. The molecule has 0 unspecified atom stereocenters. The predicted molar refractivity (Wildman–Crippen MR) is 80.4 cm³/mol. The molecule has 0 fully saturated rings. The number of carbonyl (C=O) groups is 1. The first-order valence-corrected chi connectivity index (χ1v) is 6.57. The zero-order valence-corrected chi connectivity index (χ0v) is 11.6. The van der Waals surface area contributed by atoms with Crippen LogP contribution in [0.2, 0.25) is 5.02 Å². The van der Waals surface area contributed by atoms with Gasteiger partial charge >= 0.3 is 0 Å². The summed E-state index contributed by atoms with van der Waals surface area (Å²) in [6.07, 6.45) is 0. The average Bonchev–Trinajstić information content (AvgIpc) is 2.84. The van der Waals surface area contributed by atoms with E-state index in [1.165, 1.54) is 0 Å². The van der Waals surface area contributed by atoms with Crippen molar-refractivity contribution in [2.75, 3.05) is 5.32 Å². The lowest BCUT2D eigenvalue weighted by Crippen LogP contribution is -2.10. The molecule has 100 valence electrons. The molecule has 1 heterocycles. The summed E-state index contributed by atoms with van der Waals surface area (Å²) in [5.41, 5.74) is 2.38. The summed E-state index contributed by atoms with van der Waals surface area (Å²) >= 11 is 5.88. The van der Waals surface area contributed by atoms with Crippen LogP contribution in [0.4, 0.5) is 5.69 Å². The highest BCUT2D eigenvalue weighted by atomic mass is 35.5. The molecule has 4 heteroatoms. The quantitative estimate of drug-likeness (QED) is 0.745. The SMILES string of the molecule is Cc1cccc2cc(C(=O)Nc3cccc(Cl)c3)oc12. The average molecular weight is 286 g/mol. The van der Waals surface area contributed by atoms with Crippen molar-refractivity contribution < 1.29 is 9.21 Å². The molecule has 0 radical (unpaired) electrons. The smallest absolute Gasteiger partial charge is 0.291 e. The normalized spacial score (nSPS) is 10.7. The number of amides is 1. The summed E-state index contributed by atoms with van der Waals surface area (Å²) in [4.78, 5) is 12.2. The van der Waals surface area contributed by atoms with Crippen molar-refractivity contribution in [1.29, 1.82) is 0 Å². The Labute approximate surface area is 121 Å². The number of nitrogens with one attached hydrogen (secondary N) is 1. The standard InChI is InChI=1S/C16H12ClNO2/c1-10-4-2-5-11-8-14(20-15(10)11)16(19)18-13-7-3-6-12(17)9-13/h2-9H,1H3,(H,18,19). The monoisotopic (exact) mass is 285 g/mol. The van der Waals surface area contributed by atoms with E-state index in [0.717, 1.165) is 16.5 Å². The molecule has 1 N–H and O–H groups in total. The molecule has 1 aromatic heterocycles. The topological polar surface area (TPSA) is 42.2 Å². The van der Waals surface area contributed by atoms with Gasteiger partial charge in [0.2, 0.25) is 0 Å². The minimum Gasteiger partial charge on any atom is -0.451 e. The van der Waals surface area contributed by atoms with Crippen molar-refractivity contribution in [3.05, 3.63) is 64.9 Å². The molecule has 0 saturated heterocycles. The molecule has 3 aromatic rings. The zero-order valence-electron chi connectivity index (χ0n) is 10.8. The van der Waals surface area contributed by atoms with Crippen LogP contribution in [0.25, 0.3) is 11.0 Å². The van der Waals surface area contributed by atoms with Crippen molar-refractivity contribution >= 4 is 34.2 Å². The first-order chi connectivity index (χ1) is 9.63. The van der Waals surface area contributed by atoms with Gasteiger partial charge in [0, 0.05) is 16.1 Å². The Bertz CT molecular complexity index is 792. The molecule has 2 aromatic carbocycles. The van der Waals surface area contributed by atoms with Crippen LogP contribution in [0.15, 0.2) is 52.9 Å². The van der Waals surface area contributed by atoms with Gasteiger partial charge in [-0.2, -0.15) is 0 Å². The van der Waals surface area contributed by atoms with Crippen molar-refractivity contribution in [2.24, 2.45) is 0 Å². The highest BCUT2D eigenvalue weighted by Gasteiger charge is 2.13. The molecule has 0 bridgehead atoms. The summed E-state index contributed by atoms with van der Waals surface area (Å²) in [7, 11) is 0. The number of carbonyl (C=O) groups excluding carboxylic acids is 1. The highest BCUT2D eigenvalue weighted by Crippen LogP contribution is 2.23. The number of rotatable bonds is 2. The van der Waals surface area contributed by atoms with Crippen LogP contribution >= 0.6 is 11.6 Å². The van der Waals surface area contributed by atoms with Gasteiger partial charge in [0.05, 0.1) is 0 Å². The molecule has 0 aliphatic carbocycles. The molecule has 1 amide bonds. The van der Waals surface area contributed by atoms with Crippen molar-refractivity contribution in [1.82, 2.24) is 0 Å². The summed E-state index contributed by atoms with van der Waals surface area (Å²) in [5.74, 6) is -0.00265. The highest BCUT2D eigenvalue weighted by molar-refractivity contribution is 6.30. The maximum atomic E-state index is 12.2. The van der Waals surface area contributed by atoms with E-state index in [9.17, 15) is 4.79 Å². The van der Waals surface area contributed by atoms with Gasteiger partial charge in [0.25, 0.3) is 5.91 Å². The van der Waals surface area contributed by atoms with Crippen LogP contribution in [0.3, 0.4) is 0 Å². The Morgan fingerprint density at radius 2 is 1.95 bits per heavy atom. The van der Waals surface area contributed by atoms with Gasteiger partial charge in [-0.15, -0.1) is 0 Å². The fourth-order valence-electron chi connectivity index (χ4n) is 2.08. The minimum absolute atomic E-state index is 0.286. The fourth-order valence-corrected chi connectivity index (χ4v) is 2.27. The van der Waals surface area contributed by atoms with E-state index in [1.54, 1.807) is 30.3 Å². The van der Waals surface area contributed by atoms with Gasteiger partial charge in [-0.05, 0) is 36.8 Å². The van der Waals surface area contributed by atoms with Crippen LogP contribution in [0.5, 0.6) is 0 Å². The van der Waals surface area contributed by atoms with E-state index in [-0.39, 0.29) is 11.7 Å². The zero-order chi connectivity index (χ0) is 14.1. The van der Waals surface area contributed by atoms with Crippen LogP contribution in [0, 0.1) is 6.92 Å². The molecule has 3 nitrogen and oxygen atoms in total. The first kappa shape index (κ1) is 12.8. The summed E-state index contributed by atoms with van der Waals surface area (Å²) < 4.78 is 5.62. The van der Waals surface area contributed by atoms with Gasteiger partial charge in [-0.3, -0.25) is 4.79 Å². The van der Waals surface area contributed by atoms with Crippen molar-refractivity contribution in [3.8, 4) is 0 Å². The number of furan rings is 1. The second-order valence-electron chi connectivity index (χ2n) is 4.57. The number of para-hydroxylation sites is 1. The third-order valence-electron chi connectivity index (χ3n) is 3.05. The molecule has 20 heavy (non-hydrogen) atoms. The maximum absolute atomic E-state index is 12.2. The van der Waals surface area contributed by atoms with Gasteiger partial charge in [0.1, 0.15) is 5.58 Å². The molecule has 0 aliphatic rings. The van der Waals surface area contributed by atoms with Crippen LogP contribution < -0.4 is 5.32 Å². The Balaban J connectivity index is 1.91. The third kappa shape index (κ3) is 2.40. The van der Waals surface area contributed by atoms with E-state index in [0.29, 0.717) is 10.7 Å². The number of anilines is 1. The number of fused-ring (bicyclic) bond motifs is 1. The largest absolute Gasteiger partial charge is 0.451 e. The molecule has 0 spiro atoms. The summed E-state index contributed by atoms with van der Waals surface area (Å²) in [6.45, 7) is 1.95. The minimum atomic E-state index is -0.289. The van der Waals surface area contributed by atoms with Crippen molar-refractivity contribution in [2.45, 2.75) is 6.92 Å². The van der Waals surface area contributed by atoms with E-state index < -0.39 is 0 Å². The molecule has 0 saturated carbocycles. The van der Waals surface area contributed by atoms with Gasteiger partial charge in [-0.25, -0.2) is 0 Å². The maximum Gasteiger partial charge on any atom is 0.291 e. The molecule has 0 atom stereocenters. The lowest BCUT2D eigenvalue weighted by atomic mass is 10.2. The van der Waals surface area contributed by atoms with Crippen LogP contribution in [-0.4, -0.2) is 5.91 Å². The molecular formula is C16H12ClNO2. The lowest BCUT2D eigenvalue weighted by molar-refractivity contribution is 0.0998.